The smallest absolute Gasteiger partial charge is 0.0444 e. The Kier molecular flexibility index (Phi) is 5.81. The minimum atomic E-state index is 0.276. The van der Waals surface area contributed by atoms with Crippen LogP contribution in [0.1, 0.15) is 62.6 Å². The molecule has 0 spiro atoms. The van der Waals surface area contributed by atoms with E-state index in [2.05, 4.69) is 49.5 Å². The van der Waals surface area contributed by atoms with Gasteiger partial charge in [0.1, 0.15) is 0 Å². The van der Waals surface area contributed by atoms with Crippen molar-refractivity contribution in [3.8, 4) is 0 Å². The highest BCUT2D eigenvalue weighted by Gasteiger charge is 2.10. The third-order valence-electron chi connectivity index (χ3n) is 4.21. The largest absolute Gasteiger partial charge is 0.329 e. The minimum Gasteiger partial charge on any atom is -0.329 e. The molecule has 0 saturated heterocycles. The van der Waals surface area contributed by atoms with E-state index in [1.807, 2.05) is 0 Å². The van der Waals surface area contributed by atoms with Gasteiger partial charge in [0, 0.05) is 12.6 Å². The summed E-state index contributed by atoms with van der Waals surface area (Å²) >= 11 is 0. The van der Waals surface area contributed by atoms with Gasteiger partial charge in [-0.15, -0.1) is 0 Å². The second kappa shape index (κ2) is 7.61. The summed E-state index contributed by atoms with van der Waals surface area (Å²) in [5.74, 6) is 0.586. The average molecular weight is 272 g/mol. The summed E-state index contributed by atoms with van der Waals surface area (Å²) in [7, 11) is 0. The Morgan fingerprint density at radius 3 is 2.40 bits per heavy atom. The number of hydrogen-bond donors (Lipinski definition) is 2. The first-order valence-electron chi connectivity index (χ1n) is 7.92. The quantitative estimate of drug-likeness (QED) is 0.739. The van der Waals surface area contributed by atoms with E-state index in [0.29, 0.717) is 12.5 Å². The molecule has 0 aliphatic heterocycles. The average Bonchev–Trinajstić information content (AvgIpc) is 2.97. The lowest BCUT2D eigenvalue weighted by molar-refractivity contribution is 0.542. The molecular formula is C18H28N2. The van der Waals surface area contributed by atoms with E-state index in [1.165, 1.54) is 36.8 Å². The summed E-state index contributed by atoms with van der Waals surface area (Å²) in [5, 5.41) is 3.60. The van der Waals surface area contributed by atoms with E-state index in [9.17, 15) is 0 Å². The fourth-order valence-corrected chi connectivity index (χ4v) is 2.82. The third-order valence-corrected chi connectivity index (χ3v) is 4.21. The molecule has 1 aliphatic carbocycles. The first-order valence-corrected chi connectivity index (χ1v) is 7.92. The Balaban J connectivity index is 1.86. The van der Waals surface area contributed by atoms with E-state index < -0.39 is 0 Å². The molecule has 3 N–H and O–H groups in total. The normalized spacial score (nSPS) is 16.5. The van der Waals surface area contributed by atoms with Gasteiger partial charge in [-0.3, -0.25) is 0 Å². The summed E-state index contributed by atoms with van der Waals surface area (Å²) in [4.78, 5) is 0. The Hall–Kier alpha value is -1.12. The van der Waals surface area contributed by atoms with E-state index in [0.717, 1.165) is 6.54 Å². The predicted octanol–water partition coefficient (Wildman–Crippen LogP) is 3.90. The predicted molar refractivity (Wildman–Crippen MR) is 86.9 cm³/mol. The number of nitrogens with one attached hydrogen (secondary N) is 1. The lowest BCUT2D eigenvalue weighted by Crippen LogP contribution is -2.29. The molecule has 0 aromatic heterocycles. The Morgan fingerprint density at radius 1 is 1.15 bits per heavy atom. The van der Waals surface area contributed by atoms with Crippen LogP contribution in [0.25, 0.3) is 0 Å². The second-order valence-corrected chi connectivity index (χ2v) is 6.07. The van der Waals surface area contributed by atoms with Crippen molar-refractivity contribution < 1.29 is 0 Å². The molecule has 1 aromatic rings. The van der Waals surface area contributed by atoms with Gasteiger partial charge < -0.3 is 11.1 Å². The van der Waals surface area contributed by atoms with Crippen LogP contribution >= 0.6 is 0 Å². The number of hydrogen-bond acceptors (Lipinski definition) is 2. The van der Waals surface area contributed by atoms with Gasteiger partial charge in [0.25, 0.3) is 0 Å². The van der Waals surface area contributed by atoms with E-state index >= 15 is 0 Å². The summed E-state index contributed by atoms with van der Waals surface area (Å²) in [6, 6.07) is 9.16. The van der Waals surface area contributed by atoms with Gasteiger partial charge in [-0.2, -0.15) is 0 Å². The monoisotopic (exact) mass is 272 g/mol. The number of rotatable bonds is 7. The van der Waals surface area contributed by atoms with Crippen molar-refractivity contribution in [2.75, 3.05) is 13.1 Å². The fraction of sp³-hybridized carbons (Fsp3) is 0.556. The van der Waals surface area contributed by atoms with Crippen LogP contribution in [0.4, 0.5) is 0 Å². The van der Waals surface area contributed by atoms with E-state index in [4.69, 9.17) is 5.73 Å². The minimum absolute atomic E-state index is 0.276. The molecule has 0 saturated carbocycles. The summed E-state index contributed by atoms with van der Waals surface area (Å²) in [5.41, 5.74) is 10.2. The first-order chi connectivity index (χ1) is 9.70. The van der Waals surface area contributed by atoms with Crippen LogP contribution in [0.2, 0.25) is 0 Å². The maximum Gasteiger partial charge on any atom is 0.0444 e. The van der Waals surface area contributed by atoms with Crippen LogP contribution in [0, 0.1) is 0 Å². The van der Waals surface area contributed by atoms with Crippen molar-refractivity contribution in [2.24, 2.45) is 5.73 Å². The molecule has 0 radical (unpaired) electrons. The molecule has 2 rings (SSSR count). The van der Waals surface area contributed by atoms with Gasteiger partial charge in [-0.1, -0.05) is 49.8 Å². The Labute approximate surface area is 123 Å². The fourth-order valence-electron chi connectivity index (χ4n) is 2.82. The highest BCUT2D eigenvalue weighted by molar-refractivity contribution is 5.27. The van der Waals surface area contributed by atoms with Crippen molar-refractivity contribution in [3.63, 3.8) is 0 Å². The summed E-state index contributed by atoms with van der Waals surface area (Å²) in [6.07, 6.45) is 7.47. The molecule has 0 fully saturated rings. The molecule has 0 amide bonds. The maximum atomic E-state index is 5.92. The SMILES string of the molecule is CC(C)c1ccc(C(CN)NCCC2=CCCC2)cc1. The number of benzene rings is 1. The standard InChI is InChI=1S/C18H28N2/c1-14(2)16-7-9-17(10-8-16)18(13-19)20-12-11-15-5-3-4-6-15/h5,7-10,14,18,20H,3-4,6,11-13,19H2,1-2H3. The lowest BCUT2D eigenvalue weighted by atomic mass is 9.99. The zero-order valence-electron chi connectivity index (χ0n) is 12.9. The van der Waals surface area contributed by atoms with Gasteiger partial charge in [0.05, 0.1) is 0 Å². The number of allylic oxidation sites excluding steroid dienone is 1. The molecule has 1 unspecified atom stereocenters. The van der Waals surface area contributed by atoms with E-state index in [-0.39, 0.29) is 6.04 Å². The Morgan fingerprint density at radius 2 is 1.85 bits per heavy atom. The maximum absolute atomic E-state index is 5.92. The van der Waals surface area contributed by atoms with Crippen molar-refractivity contribution in [1.29, 1.82) is 0 Å². The van der Waals surface area contributed by atoms with E-state index in [1.54, 1.807) is 5.57 Å². The van der Waals surface area contributed by atoms with Crippen LogP contribution < -0.4 is 11.1 Å². The molecule has 1 aliphatic rings. The molecule has 1 aromatic carbocycles. The summed E-state index contributed by atoms with van der Waals surface area (Å²) in [6.45, 7) is 6.13. The summed E-state index contributed by atoms with van der Waals surface area (Å²) < 4.78 is 0. The van der Waals surface area contributed by atoms with Crippen molar-refractivity contribution in [1.82, 2.24) is 5.32 Å². The van der Waals surface area contributed by atoms with Crippen LogP contribution in [0.5, 0.6) is 0 Å². The Bertz CT molecular complexity index is 431. The molecule has 110 valence electrons. The van der Waals surface area contributed by atoms with Crippen molar-refractivity contribution in [2.45, 2.75) is 51.5 Å². The molecule has 2 nitrogen and oxygen atoms in total. The van der Waals surface area contributed by atoms with Gasteiger partial charge >= 0.3 is 0 Å². The van der Waals surface area contributed by atoms with Crippen molar-refractivity contribution >= 4 is 0 Å². The van der Waals surface area contributed by atoms with Crippen LogP contribution in [-0.2, 0) is 0 Å². The highest BCUT2D eigenvalue weighted by atomic mass is 14.9. The molecular weight excluding hydrogens is 244 g/mol. The van der Waals surface area contributed by atoms with Gasteiger partial charge in [-0.25, -0.2) is 0 Å². The van der Waals surface area contributed by atoms with Crippen LogP contribution in [0.3, 0.4) is 0 Å². The first kappa shape index (κ1) is 15.3. The highest BCUT2D eigenvalue weighted by Crippen LogP contribution is 2.21. The second-order valence-electron chi connectivity index (χ2n) is 6.07. The van der Waals surface area contributed by atoms with Crippen LogP contribution in [-0.4, -0.2) is 13.1 Å². The molecule has 2 heteroatoms. The zero-order chi connectivity index (χ0) is 14.4. The molecule has 0 bridgehead atoms. The topological polar surface area (TPSA) is 38.0 Å². The molecule has 1 atom stereocenters. The molecule has 0 heterocycles. The third kappa shape index (κ3) is 4.19. The lowest BCUT2D eigenvalue weighted by Gasteiger charge is -2.18. The zero-order valence-corrected chi connectivity index (χ0v) is 12.9. The van der Waals surface area contributed by atoms with Crippen molar-refractivity contribution in [3.05, 3.63) is 47.0 Å². The van der Waals surface area contributed by atoms with Crippen LogP contribution in [0.15, 0.2) is 35.9 Å². The number of nitrogens with two attached hydrogens (primary N) is 1. The van der Waals surface area contributed by atoms with Gasteiger partial charge in [0.2, 0.25) is 0 Å². The van der Waals surface area contributed by atoms with Gasteiger partial charge in [-0.05, 0) is 49.3 Å². The van der Waals surface area contributed by atoms with Gasteiger partial charge in [0.15, 0.2) is 0 Å². The molecule has 20 heavy (non-hydrogen) atoms.